The number of carbonyl (C=O) groups is 1. The Labute approximate surface area is 173 Å². The lowest BCUT2D eigenvalue weighted by molar-refractivity contribution is 0.190. The molecule has 148 valence electrons. The summed E-state index contributed by atoms with van der Waals surface area (Å²) in [5.41, 5.74) is 0.594. The van der Waals surface area contributed by atoms with Crippen LogP contribution in [0.2, 0.25) is 0 Å². The number of hydrogen-bond acceptors (Lipinski definition) is 4. The van der Waals surface area contributed by atoms with Gasteiger partial charge in [0.15, 0.2) is 0 Å². The van der Waals surface area contributed by atoms with E-state index in [0.717, 1.165) is 36.8 Å². The zero-order chi connectivity index (χ0) is 19.7. The average molecular weight is 464 g/mol. The number of anilines is 1. The molecule has 2 unspecified atom stereocenters. The van der Waals surface area contributed by atoms with Gasteiger partial charge >= 0.3 is 6.03 Å². The summed E-state index contributed by atoms with van der Waals surface area (Å²) in [7, 11) is -3.59. The molecule has 2 aromatic carbocycles. The van der Waals surface area contributed by atoms with E-state index in [9.17, 15) is 13.2 Å². The number of halogens is 1. The van der Waals surface area contributed by atoms with E-state index < -0.39 is 9.84 Å². The van der Waals surface area contributed by atoms with Crippen LogP contribution in [0.5, 0.6) is 0 Å². The Bertz CT molecular complexity index is 947. The molecular weight excluding hydrogens is 442 g/mol. The molecule has 6 nitrogen and oxygen atoms in total. The third-order valence-electron chi connectivity index (χ3n) is 5.43. The first-order valence-electron chi connectivity index (χ1n) is 9.36. The van der Waals surface area contributed by atoms with Crippen molar-refractivity contribution in [3.63, 3.8) is 0 Å². The van der Waals surface area contributed by atoms with Gasteiger partial charge in [-0.25, -0.2) is 13.2 Å². The van der Waals surface area contributed by atoms with Crippen LogP contribution in [0.4, 0.5) is 10.5 Å². The summed E-state index contributed by atoms with van der Waals surface area (Å²) >= 11 is 3.31. The van der Waals surface area contributed by atoms with Crippen LogP contribution in [-0.4, -0.2) is 44.5 Å². The van der Waals surface area contributed by atoms with Crippen molar-refractivity contribution in [3.8, 4) is 0 Å². The minimum Gasteiger partial charge on any atom is -0.317 e. The van der Waals surface area contributed by atoms with Crippen LogP contribution in [-0.2, 0) is 9.84 Å². The van der Waals surface area contributed by atoms with Crippen molar-refractivity contribution in [1.82, 2.24) is 10.2 Å². The van der Waals surface area contributed by atoms with E-state index in [4.69, 9.17) is 0 Å². The van der Waals surface area contributed by atoms with E-state index in [0.29, 0.717) is 5.69 Å². The first-order valence-corrected chi connectivity index (χ1v) is 11.6. The maximum Gasteiger partial charge on any atom is 0.322 e. The predicted molar refractivity (Wildman–Crippen MR) is 111 cm³/mol. The maximum absolute atomic E-state index is 12.8. The number of urea groups is 1. The van der Waals surface area contributed by atoms with Crippen molar-refractivity contribution in [1.29, 1.82) is 0 Å². The molecule has 2 fully saturated rings. The summed E-state index contributed by atoms with van der Waals surface area (Å²) in [6, 6.07) is 13.3. The molecule has 2 amide bonds. The van der Waals surface area contributed by atoms with E-state index in [1.165, 1.54) is 12.1 Å². The maximum atomic E-state index is 12.8. The highest BCUT2D eigenvalue weighted by Gasteiger charge is 2.38. The first kappa shape index (κ1) is 19.4. The number of amides is 2. The predicted octanol–water partition coefficient (Wildman–Crippen LogP) is 3.64. The van der Waals surface area contributed by atoms with Crippen LogP contribution < -0.4 is 10.6 Å². The molecule has 0 aliphatic carbocycles. The second-order valence-corrected chi connectivity index (χ2v) is 10.1. The minimum atomic E-state index is -3.59. The lowest BCUT2D eigenvalue weighted by Crippen LogP contribution is -2.44. The highest BCUT2D eigenvalue weighted by Crippen LogP contribution is 2.29. The summed E-state index contributed by atoms with van der Waals surface area (Å²) in [6.07, 6.45) is 3.04. The third-order valence-corrected chi connectivity index (χ3v) is 7.74. The van der Waals surface area contributed by atoms with Gasteiger partial charge in [-0.05, 0) is 74.3 Å². The van der Waals surface area contributed by atoms with Crippen molar-refractivity contribution >= 4 is 37.5 Å². The van der Waals surface area contributed by atoms with E-state index in [2.05, 4.69) is 26.6 Å². The summed E-state index contributed by atoms with van der Waals surface area (Å²) in [4.78, 5) is 15.2. The Kier molecular flexibility index (Phi) is 5.44. The average Bonchev–Trinajstić information content (AvgIpc) is 2.95. The van der Waals surface area contributed by atoms with Crippen LogP contribution in [0, 0.1) is 0 Å². The molecule has 2 aliphatic heterocycles. The number of nitrogens with zero attached hydrogens (tertiary/aromatic N) is 1. The monoisotopic (exact) mass is 463 g/mol. The van der Waals surface area contributed by atoms with Gasteiger partial charge in [-0.15, -0.1) is 0 Å². The highest BCUT2D eigenvalue weighted by molar-refractivity contribution is 9.10. The second kappa shape index (κ2) is 7.85. The molecule has 2 saturated heterocycles. The standard InChI is InChI=1S/C20H22BrN3O3S/c21-14-1-7-18(8-2-14)28(26,27)19-9-3-15(4-10-19)23-20(25)24-16-5-6-17(24)13-22-12-11-16/h1-4,7-10,16-17,22H,5-6,11-13H2,(H,23,25). The van der Waals surface area contributed by atoms with Crippen molar-refractivity contribution in [2.75, 3.05) is 18.4 Å². The molecule has 2 aromatic rings. The Morgan fingerprint density at radius 1 is 0.964 bits per heavy atom. The van der Waals surface area contributed by atoms with Gasteiger partial charge in [0.05, 0.1) is 9.79 Å². The van der Waals surface area contributed by atoms with Gasteiger partial charge in [0.1, 0.15) is 0 Å². The summed E-state index contributed by atoms with van der Waals surface area (Å²) < 4.78 is 26.3. The fourth-order valence-corrected chi connectivity index (χ4v) is 5.49. The molecule has 0 radical (unpaired) electrons. The molecule has 0 saturated carbocycles. The zero-order valence-corrected chi connectivity index (χ0v) is 17.7. The van der Waals surface area contributed by atoms with Gasteiger partial charge in [-0.3, -0.25) is 0 Å². The number of sulfone groups is 1. The molecule has 2 atom stereocenters. The molecule has 8 heteroatoms. The molecule has 0 aromatic heterocycles. The number of hydrogen-bond donors (Lipinski definition) is 2. The van der Waals surface area contributed by atoms with Crippen LogP contribution in [0.1, 0.15) is 19.3 Å². The number of fused-ring (bicyclic) bond motifs is 2. The van der Waals surface area contributed by atoms with Crippen LogP contribution in [0.15, 0.2) is 62.8 Å². The minimum absolute atomic E-state index is 0.111. The van der Waals surface area contributed by atoms with Gasteiger partial charge in [-0.1, -0.05) is 15.9 Å². The van der Waals surface area contributed by atoms with Crippen molar-refractivity contribution in [2.45, 2.75) is 41.1 Å². The normalized spacial score (nSPS) is 22.0. The topological polar surface area (TPSA) is 78.5 Å². The zero-order valence-electron chi connectivity index (χ0n) is 15.3. The molecule has 28 heavy (non-hydrogen) atoms. The van der Waals surface area contributed by atoms with Crippen molar-refractivity contribution < 1.29 is 13.2 Å². The number of rotatable bonds is 3. The highest BCUT2D eigenvalue weighted by atomic mass is 79.9. The third kappa shape index (κ3) is 3.81. The Morgan fingerprint density at radius 3 is 2.25 bits per heavy atom. The molecule has 0 spiro atoms. The summed E-state index contributed by atoms with van der Waals surface area (Å²) in [5.74, 6) is 0. The van der Waals surface area contributed by atoms with Gasteiger partial charge < -0.3 is 15.5 Å². The summed E-state index contributed by atoms with van der Waals surface area (Å²) in [5, 5.41) is 6.30. The SMILES string of the molecule is O=C(Nc1ccc(S(=O)(=O)c2ccc(Br)cc2)cc1)N1C2CCNCC1CC2. The van der Waals surface area contributed by atoms with Crippen molar-refractivity contribution in [3.05, 3.63) is 53.0 Å². The fourth-order valence-electron chi connectivity index (χ4n) is 3.97. The fraction of sp³-hybridized carbons (Fsp3) is 0.350. The van der Waals surface area contributed by atoms with E-state index in [-0.39, 0.29) is 27.9 Å². The summed E-state index contributed by atoms with van der Waals surface area (Å²) in [6.45, 7) is 1.77. The second-order valence-electron chi connectivity index (χ2n) is 7.20. The first-order chi connectivity index (χ1) is 13.4. The van der Waals surface area contributed by atoms with Gasteiger partial charge in [0, 0.05) is 28.8 Å². The van der Waals surface area contributed by atoms with Gasteiger partial charge in [-0.2, -0.15) is 0 Å². The molecule has 2 bridgehead atoms. The smallest absolute Gasteiger partial charge is 0.317 e. The molecular formula is C20H22BrN3O3S. The van der Waals surface area contributed by atoms with Crippen molar-refractivity contribution in [2.24, 2.45) is 0 Å². The Hall–Kier alpha value is -1.90. The number of nitrogens with one attached hydrogen (secondary N) is 2. The quantitative estimate of drug-likeness (QED) is 0.727. The van der Waals surface area contributed by atoms with E-state index in [1.54, 1.807) is 36.4 Å². The Morgan fingerprint density at radius 2 is 1.57 bits per heavy atom. The molecule has 2 aliphatic rings. The largest absolute Gasteiger partial charge is 0.322 e. The van der Waals surface area contributed by atoms with E-state index >= 15 is 0 Å². The van der Waals surface area contributed by atoms with E-state index in [1.807, 2.05) is 4.90 Å². The van der Waals surface area contributed by atoms with Gasteiger partial charge in [0.2, 0.25) is 9.84 Å². The number of carbonyl (C=O) groups excluding carboxylic acids is 1. The van der Waals surface area contributed by atoms with Gasteiger partial charge in [0.25, 0.3) is 0 Å². The molecule has 2 heterocycles. The lowest BCUT2D eigenvalue weighted by Gasteiger charge is -2.28. The lowest BCUT2D eigenvalue weighted by atomic mass is 10.1. The van der Waals surface area contributed by atoms with Crippen LogP contribution >= 0.6 is 15.9 Å². The molecule has 2 N–H and O–H groups in total. The van der Waals surface area contributed by atoms with Crippen LogP contribution in [0.25, 0.3) is 0 Å². The Balaban J connectivity index is 1.49. The molecule has 4 rings (SSSR count). The van der Waals surface area contributed by atoms with Crippen LogP contribution in [0.3, 0.4) is 0 Å². The number of benzene rings is 2.